The average Bonchev–Trinajstić information content (AvgIpc) is 2.64. The summed E-state index contributed by atoms with van der Waals surface area (Å²) in [5, 5.41) is 4.28. The second-order valence-corrected chi connectivity index (χ2v) is 4.92. The highest BCUT2D eigenvalue weighted by Gasteiger charge is 2.12. The third kappa shape index (κ3) is 3.44. The summed E-state index contributed by atoms with van der Waals surface area (Å²) >= 11 is 0. The van der Waals surface area contributed by atoms with Crippen LogP contribution >= 0.6 is 0 Å². The first kappa shape index (κ1) is 15.4. The average molecular weight is 317 g/mol. The van der Waals surface area contributed by atoms with Crippen LogP contribution in [0.1, 0.15) is 21.6 Å². The van der Waals surface area contributed by atoms with Crippen LogP contribution in [0.5, 0.6) is 0 Å². The molecule has 24 heavy (non-hydrogen) atoms. The van der Waals surface area contributed by atoms with Crippen LogP contribution < -0.4 is 11.2 Å². The summed E-state index contributed by atoms with van der Waals surface area (Å²) in [7, 11) is 0. The summed E-state index contributed by atoms with van der Waals surface area (Å²) in [5.74, 6) is -0.448. The Labute approximate surface area is 139 Å². The second-order valence-electron chi connectivity index (χ2n) is 4.92. The third-order valence-electron chi connectivity index (χ3n) is 3.31. The molecule has 1 heterocycles. The fourth-order valence-electron chi connectivity index (χ4n) is 2.17. The Kier molecular flexibility index (Phi) is 4.57. The number of amides is 1. The van der Waals surface area contributed by atoms with Gasteiger partial charge in [0, 0.05) is 23.5 Å². The molecule has 1 aromatic heterocycles. The zero-order chi connectivity index (χ0) is 16.8. The van der Waals surface area contributed by atoms with Crippen LogP contribution in [0.25, 0.3) is 0 Å². The number of benzene rings is 2. The van der Waals surface area contributed by atoms with E-state index in [0.717, 1.165) is 11.1 Å². The van der Waals surface area contributed by atoms with Gasteiger partial charge in [0.15, 0.2) is 11.5 Å². The van der Waals surface area contributed by atoms with E-state index in [1.54, 1.807) is 0 Å². The van der Waals surface area contributed by atoms with E-state index in [1.807, 2.05) is 60.7 Å². The molecule has 0 unspecified atom stereocenters. The van der Waals surface area contributed by atoms with E-state index in [-0.39, 0.29) is 11.5 Å². The first-order chi connectivity index (χ1) is 11.8. The van der Waals surface area contributed by atoms with Gasteiger partial charge in [-0.3, -0.25) is 4.79 Å². The Morgan fingerprint density at radius 2 is 1.42 bits per heavy atom. The number of rotatable bonds is 4. The molecule has 2 aromatic carbocycles. The highest BCUT2D eigenvalue weighted by Crippen LogP contribution is 2.11. The van der Waals surface area contributed by atoms with E-state index in [9.17, 15) is 4.79 Å². The molecule has 0 aliphatic rings. The minimum absolute atomic E-state index is 0.0433. The van der Waals surface area contributed by atoms with Crippen molar-refractivity contribution >= 4 is 17.4 Å². The molecular formula is C18H15N5O. The predicted molar refractivity (Wildman–Crippen MR) is 92.4 cm³/mol. The Balaban J connectivity index is 1.93. The molecule has 0 saturated carbocycles. The van der Waals surface area contributed by atoms with Gasteiger partial charge in [-0.25, -0.2) is 15.4 Å². The Hall–Kier alpha value is -3.54. The second kappa shape index (κ2) is 7.15. The standard InChI is InChI=1S/C18H15N5O/c19-17-16(20-11-12-21-17)18(24)23-22-15(13-7-3-1-4-8-13)14-9-5-2-6-10-14/h1-12H,(H2,19,21)(H,23,24). The molecule has 6 heteroatoms. The number of nitrogen functional groups attached to an aromatic ring is 1. The van der Waals surface area contributed by atoms with Gasteiger partial charge in [0.2, 0.25) is 0 Å². The largest absolute Gasteiger partial charge is 0.382 e. The van der Waals surface area contributed by atoms with E-state index < -0.39 is 5.91 Å². The molecule has 6 nitrogen and oxygen atoms in total. The number of hydrogen-bond donors (Lipinski definition) is 2. The smallest absolute Gasteiger partial charge is 0.293 e. The molecular weight excluding hydrogens is 302 g/mol. The normalized spacial score (nSPS) is 10.0. The lowest BCUT2D eigenvalue weighted by molar-refractivity contribution is 0.0950. The van der Waals surface area contributed by atoms with E-state index in [0.29, 0.717) is 5.71 Å². The van der Waals surface area contributed by atoms with Crippen molar-refractivity contribution in [1.29, 1.82) is 0 Å². The summed E-state index contributed by atoms with van der Waals surface area (Å²) in [5.41, 5.74) is 10.6. The number of nitrogens with one attached hydrogen (secondary N) is 1. The van der Waals surface area contributed by atoms with Crippen LogP contribution in [-0.2, 0) is 0 Å². The summed E-state index contributed by atoms with van der Waals surface area (Å²) in [4.78, 5) is 20.0. The van der Waals surface area contributed by atoms with Crippen molar-refractivity contribution in [3.05, 3.63) is 89.9 Å². The summed E-state index contributed by atoms with van der Waals surface area (Å²) in [6.45, 7) is 0. The van der Waals surface area contributed by atoms with E-state index >= 15 is 0 Å². The van der Waals surface area contributed by atoms with Crippen LogP contribution in [0, 0.1) is 0 Å². The highest BCUT2D eigenvalue weighted by molar-refractivity contribution is 6.13. The molecule has 0 bridgehead atoms. The molecule has 0 radical (unpaired) electrons. The molecule has 0 aliphatic heterocycles. The molecule has 0 aliphatic carbocycles. The fourth-order valence-corrected chi connectivity index (χ4v) is 2.17. The zero-order valence-electron chi connectivity index (χ0n) is 12.8. The van der Waals surface area contributed by atoms with Gasteiger partial charge in [-0.05, 0) is 0 Å². The first-order valence-corrected chi connectivity index (χ1v) is 7.31. The van der Waals surface area contributed by atoms with Crippen LogP contribution in [0.3, 0.4) is 0 Å². The SMILES string of the molecule is Nc1nccnc1C(=O)NN=C(c1ccccc1)c1ccccc1. The minimum atomic E-state index is -0.509. The van der Waals surface area contributed by atoms with Gasteiger partial charge in [0.05, 0.1) is 5.71 Å². The van der Waals surface area contributed by atoms with Crippen molar-refractivity contribution in [2.75, 3.05) is 5.73 Å². The van der Waals surface area contributed by atoms with Gasteiger partial charge in [0.25, 0.3) is 5.91 Å². The van der Waals surface area contributed by atoms with Gasteiger partial charge in [0.1, 0.15) is 0 Å². The van der Waals surface area contributed by atoms with Crippen LogP contribution in [0.15, 0.2) is 78.2 Å². The van der Waals surface area contributed by atoms with Gasteiger partial charge < -0.3 is 5.73 Å². The quantitative estimate of drug-likeness (QED) is 0.570. The van der Waals surface area contributed by atoms with Crippen molar-refractivity contribution in [1.82, 2.24) is 15.4 Å². The topological polar surface area (TPSA) is 93.3 Å². The Bertz CT molecular complexity index is 821. The van der Waals surface area contributed by atoms with E-state index in [4.69, 9.17) is 5.73 Å². The number of nitrogens with two attached hydrogens (primary N) is 1. The molecule has 0 fully saturated rings. The highest BCUT2D eigenvalue weighted by atomic mass is 16.2. The van der Waals surface area contributed by atoms with Crippen LogP contribution in [-0.4, -0.2) is 21.6 Å². The third-order valence-corrected chi connectivity index (χ3v) is 3.31. The van der Waals surface area contributed by atoms with Crippen LogP contribution in [0.2, 0.25) is 0 Å². The lowest BCUT2D eigenvalue weighted by atomic mass is 10.0. The molecule has 0 atom stereocenters. The number of nitrogens with zero attached hydrogens (tertiary/aromatic N) is 3. The summed E-state index contributed by atoms with van der Waals surface area (Å²) in [6, 6.07) is 19.2. The maximum absolute atomic E-state index is 12.2. The van der Waals surface area contributed by atoms with Crippen molar-refractivity contribution in [2.24, 2.45) is 5.10 Å². The first-order valence-electron chi connectivity index (χ1n) is 7.31. The minimum Gasteiger partial charge on any atom is -0.382 e. The van der Waals surface area contributed by atoms with Gasteiger partial charge in [-0.2, -0.15) is 5.10 Å². The number of hydrogen-bond acceptors (Lipinski definition) is 5. The van der Waals surface area contributed by atoms with E-state index in [1.165, 1.54) is 12.4 Å². The maximum atomic E-state index is 12.2. The zero-order valence-corrected chi connectivity index (χ0v) is 12.8. The molecule has 118 valence electrons. The number of anilines is 1. The molecule has 3 N–H and O–H groups in total. The van der Waals surface area contributed by atoms with Gasteiger partial charge >= 0.3 is 0 Å². The monoisotopic (exact) mass is 317 g/mol. The van der Waals surface area contributed by atoms with Crippen molar-refractivity contribution < 1.29 is 4.79 Å². The lowest BCUT2D eigenvalue weighted by Gasteiger charge is -2.08. The molecule has 1 amide bonds. The van der Waals surface area contributed by atoms with Crippen molar-refractivity contribution in [3.63, 3.8) is 0 Å². The molecule has 3 aromatic rings. The van der Waals surface area contributed by atoms with Crippen molar-refractivity contribution in [2.45, 2.75) is 0 Å². The number of carbonyl (C=O) groups excluding carboxylic acids is 1. The summed E-state index contributed by atoms with van der Waals surface area (Å²) < 4.78 is 0. The molecule has 0 saturated heterocycles. The summed E-state index contributed by atoms with van der Waals surface area (Å²) in [6.07, 6.45) is 2.83. The Morgan fingerprint density at radius 1 is 0.875 bits per heavy atom. The Morgan fingerprint density at radius 3 is 1.96 bits per heavy atom. The predicted octanol–water partition coefficient (Wildman–Crippen LogP) is 2.24. The maximum Gasteiger partial charge on any atom is 0.293 e. The van der Waals surface area contributed by atoms with E-state index in [2.05, 4.69) is 20.5 Å². The number of hydrazone groups is 1. The van der Waals surface area contributed by atoms with Gasteiger partial charge in [-0.15, -0.1) is 0 Å². The number of carbonyl (C=O) groups is 1. The lowest BCUT2D eigenvalue weighted by Crippen LogP contribution is -2.23. The van der Waals surface area contributed by atoms with Gasteiger partial charge in [-0.1, -0.05) is 60.7 Å². The molecule has 0 spiro atoms. The molecule has 3 rings (SSSR count). The van der Waals surface area contributed by atoms with Crippen LogP contribution in [0.4, 0.5) is 5.82 Å². The van der Waals surface area contributed by atoms with Crippen molar-refractivity contribution in [3.8, 4) is 0 Å². The number of aromatic nitrogens is 2. The fraction of sp³-hybridized carbons (Fsp3) is 0.